The lowest BCUT2D eigenvalue weighted by molar-refractivity contribution is -0.384. The number of amides is 1. The molecule has 0 atom stereocenters. The van der Waals surface area contributed by atoms with Crippen LogP contribution in [-0.2, 0) is 0 Å². The first-order valence-electron chi connectivity index (χ1n) is 5.65. The van der Waals surface area contributed by atoms with E-state index in [2.05, 4.69) is 27.3 Å². The van der Waals surface area contributed by atoms with E-state index in [0.29, 0.717) is 17.3 Å². The molecule has 7 heteroatoms. The highest BCUT2D eigenvalue weighted by Gasteiger charge is 2.39. The minimum atomic E-state index is -0.818. The number of nitriles is 1. The summed E-state index contributed by atoms with van der Waals surface area (Å²) in [6.07, 6.45) is 2.12. The molecular weight excluding hydrogens is 314 g/mol. The lowest BCUT2D eigenvalue weighted by atomic mass is 9.78. The van der Waals surface area contributed by atoms with Crippen molar-refractivity contribution in [3.63, 3.8) is 0 Å². The maximum absolute atomic E-state index is 12.1. The van der Waals surface area contributed by atoms with Crippen LogP contribution in [0.1, 0.15) is 29.6 Å². The van der Waals surface area contributed by atoms with Gasteiger partial charge in [-0.2, -0.15) is 5.26 Å². The first kappa shape index (κ1) is 13.5. The molecule has 1 aliphatic rings. The van der Waals surface area contributed by atoms with Gasteiger partial charge in [0.15, 0.2) is 0 Å². The molecule has 1 aromatic rings. The second kappa shape index (κ2) is 4.97. The molecule has 98 valence electrons. The highest BCUT2D eigenvalue weighted by Crippen LogP contribution is 2.32. The molecule has 0 spiro atoms. The molecule has 0 aromatic heterocycles. The van der Waals surface area contributed by atoms with Gasteiger partial charge in [-0.1, -0.05) is 0 Å². The number of nitro benzene ring substituents is 1. The fourth-order valence-corrected chi connectivity index (χ4v) is 2.31. The Balaban J connectivity index is 2.26. The fourth-order valence-electron chi connectivity index (χ4n) is 1.88. The van der Waals surface area contributed by atoms with Gasteiger partial charge in [-0.15, -0.1) is 0 Å². The summed E-state index contributed by atoms with van der Waals surface area (Å²) in [6.45, 7) is 0. The van der Waals surface area contributed by atoms with Gasteiger partial charge in [-0.25, -0.2) is 0 Å². The topological polar surface area (TPSA) is 96.0 Å². The number of non-ortho nitro benzene ring substituents is 1. The van der Waals surface area contributed by atoms with Crippen LogP contribution in [0, 0.1) is 21.4 Å². The number of nitrogens with zero attached hydrogens (tertiary/aromatic N) is 2. The predicted octanol–water partition coefficient (Wildman–Crippen LogP) is 2.53. The normalized spacial score (nSPS) is 16.0. The van der Waals surface area contributed by atoms with E-state index in [-0.39, 0.29) is 11.3 Å². The summed E-state index contributed by atoms with van der Waals surface area (Å²) in [6, 6.07) is 6.05. The Morgan fingerprint density at radius 2 is 2.21 bits per heavy atom. The average molecular weight is 324 g/mol. The second-order valence-electron chi connectivity index (χ2n) is 4.42. The number of hydrogen-bond donors (Lipinski definition) is 1. The zero-order chi connectivity index (χ0) is 14.0. The Labute approximate surface area is 117 Å². The maximum atomic E-state index is 12.1. The molecule has 0 bridgehead atoms. The summed E-state index contributed by atoms with van der Waals surface area (Å²) in [7, 11) is 0. The van der Waals surface area contributed by atoms with Crippen molar-refractivity contribution in [3.8, 4) is 6.07 Å². The van der Waals surface area contributed by atoms with Crippen molar-refractivity contribution >= 4 is 27.5 Å². The monoisotopic (exact) mass is 323 g/mol. The van der Waals surface area contributed by atoms with E-state index < -0.39 is 16.4 Å². The summed E-state index contributed by atoms with van der Waals surface area (Å²) in [4.78, 5) is 22.2. The van der Waals surface area contributed by atoms with Gasteiger partial charge >= 0.3 is 0 Å². The smallest absolute Gasteiger partial charge is 0.270 e. The van der Waals surface area contributed by atoms with Crippen LogP contribution in [0.25, 0.3) is 0 Å². The molecule has 19 heavy (non-hydrogen) atoms. The van der Waals surface area contributed by atoms with Crippen molar-refractivity contribution in [1.29, 1.82) is 5.26 Å². The molecule has 1 fully saturated rings. The number of nitro groups is 1. The van der Waals surface area contributed by atoms with E-state index >= 15 is 0 Å². The van der Waals surface area contributed by atoms with Crippen LogP contribution in [-0.4, -0.2) is 16.4 Å². The molecule has 1 amide bonds. The van der Waals surface area contributed by atoms with Gasteiger partial charge in [0.2, 0.25) is 0 Å². The molecule has 0 aliphatic heterocycles. The minimum absolute atomic E-state index is 0.159. The van der Waals surface area contributed by atoms with Crippen LogP contribution in [0.3, 0.4) is 0 Å². The van der Waals surface area contributed by atoms with Gasteiger partial charge in [0.05, 0.1) is 16.6 Å². The maximum Gasteiger partial charge on any atom is 0.270 e. The third-order valence-electron chi connectivity index (χ3n) is 3.18. The summed E-state index contributed by atoms with van der Waals surface area (Å²) in [5.74, 6) is -0.475. The molecule has 0 unspecified atom stereocenters. The number of carbonyl (C=O) groups is 1. The average Bonchev–Trinajstić information content (AvgIpc) is 2.33. The fraction of sp³-hybridized carbons (Fsp3) is 0.333. The summed E-state index contributed by atoms with van der Waals surface area (Å²) >= 11 is 3.18. The minimum Gasteiger partial charge on any atom is -0.334 e. The zero-order valence-corrected chi connectivity index (χ0v) is 11.4. The molecule has 1 saturated carbocycles. The predicted molar refractivity (Wildman–Crippen MR) is 70.5 cm³/mol. The third kappa shape index (κ3) is 2.58. The van der Waals surface area contributed by atoms with E-state index in [1.807, 2.05) is 0 Å². The Morgan fingerprint density at radius 1 is 1.53 bits per heavy atom. The first-order chi connectivity index (χ1) is 8.97. The van der Waals surface area contributed by atoms with E-state index in [9.17, 15) is 14.9 Å². The van der Waals surface area contributed by atoms with Crippen LogP contribution in [0.15, 0.2) is 22.7 Å². The molecule has 2 rings (SSSR count). The largest absolute Gasteiger partial charge is 0.334 e. The number of nitrogens with one attached hydrogen (secondary N) is 1. The quantitative estimate of drug-likeness (QED) is 0.682. The van der Waals surface area contributed by atoms with Gasteiger partial charge in [0, 0.05) is 16.6 Å². The Hall–Kier alpha value is -1.94. The van der Waals surface area contributed by atoms with Crippen LogP contribution >= 0.6 is 15.9 Å². The number of halogens is 1. The molecule has 0 radical (unpaired) electrons. The lowest BCUT2D eigenvalue weighted by Crippen LogP contribution is -2.52. The van der Waals surface area contributed by atoms with Crippen molar-refractivity contribution in [1.82, 2.24) is 5.32 Å². The van der Waals surface area contributed by atoms with E-state index in [1.165, 1.54) is 18.2 Å². The summed E-state index contributed by atoms with van der Waals surface area (Å²) in [5.41, 5.74) is -0.815. The molecule has 1 aromatic carbocycles. The Bertz CT molecular complexity index is 590. The molecular formula is C12H10BrN3O3. The number of hydrogen-bond acceptors (Lipinski definition) is 4. The number of benzene rings is 1. The highest BCUT2D eigenvalue weighted by molar-refractivity contribution is 9.10. The van der Waals surface area contributed by atoms with Crippen molar-refractivity contribution in [2.45, 2.75) is 24.8 Å². The van der Waals surface area contributed by atoms with Gasteiger partial charge < -0.3 is 5.32 Å². The van der Waals surface area contributed by atoms with Crippen molar-refractivity contribution in [2.24, 2.45) is 0 Å². The summed E-state index contributed by atoms with van der Waals surface area (Å²) < 4.78 is 0.461. The Morgan fingerprint density at radius 3 is 2.68 bits per heavy atom. The van der Waals surface area contributed by atoms with Crippen LogP contribution in [0.2, 0.25) is 0 Å². The van der Waals surface area contributed by atoms with E-state index in [1.54, 1.807) is 0 Å². The van der Waals surface area contributed by atoms with E-state index in [0.717, 1.165) is 6.42 Å². The van der Waals surface area contributed by atoms with Crippen LogP contribution < -0.4 is 5.32 Å². The lowest BCUT2D eigenvalue weighted by Gasteiger charge is -2.35. The number of carbonyl (C=O) groups excluding carboxylic acids is 1. The SMILES string of the molecule is N#CC1(NC(=O)c2cc([N+](=O)[O-])ccc2Br)CCC1. The third-order valence-corrected chi connectivity index (χ3v) is 3.87. The van der Waals surface area contributed by atoms with Gasteiger partial charge in [-0.3, -0.25) is 14.9 Å². The van der Waals surface area contributed by atoms with Crippen LogP contribution in [0.4, 0.5) is 5.69 Å². The highest BCUT2D eigenvalue weighted by atomic mass is 79.9. The zero-order valence-electron chi connectivity index (χ0n) is 9.85. The molecule has 1 aliphatic carbocycles. The van der Waals surface area contributed by atoms with Crippen molar-refractivity contribution in [3.05, 3.63) is 38.3 Å². The standard InChI is InChI=1S/C12H10BrN3O3/c13-10-3-2-8(16(18)19)6-9(10)11(17)15-12(7-14)4-1-5-12/h2-3,6H,1,4-5H2,(H,15,17). The van der Waals surface area contributed by atoms with Crippen molar-refractivity contribution in [2.75, 3.05) is 0 Å². The Kier molecular flexibility index (Phi) is 3.53. The van der Waals surface area contributed by atoms with Crippen LogP contribution in [0.5, 0.6) is 0 Å². The van der Waals surface area contributed by atoms with E-state index in [4.69, 9.17) is 5.26 Å². The first-order valence-corrected chi connectivity index (χ1v) is 6.44. The van der Waals surface area contributed by atoms with Gasteiger partial charge in [0.25, 0.3) is 11.6 Å². The molecule has 1 N–H and O–H groups in total. The second-order valence-corrected chi connectivity index (χ2v) is 5.28. The number of rotatable bonds is 3. The molecule has 0 heterocycles. The van der Waals surface area contributed by atoms with Gasteiger partial charge in [-0.05, 0) is 41.3 Å². The molecule has 0 saturated heterocycles. The van der Waals surface area contributed by atoms with Crippen molar-refractivity contribution < 1.29 is 9.72 Å². The summed E-state index contributed by atoms with van der Waals surface area (Å²) in [5, 5.41) is 22.4. The van der Waals surface area contributed by atoms with Gasteiger partial charge in [0.1, 0.15) is 5.54 Å². The molecule has 6 nitrogen and oxygen atoms in total.